The van der Waals surface area contributed by atoms with Crippen LogP contribution in [0.1, 0.15) is 66.7 Å². The van der Waals surface area contributed by atoms with Gasteiger partial charge in [0.1, 0.15) is 6.54 Å². The third kappa shape index (κ3) is 4.44. The summed E-state index contributed by atoms with van der Waals surface area (Å²) in [7, 11) is 0. The van der Waals surface area contributed by atoms with Crippen LogP contribution in [-0.2, 0) is 22.7 Å². The highest BCUT2D eigenvalue weighted by molar-refractivity contribution is 7.11. The molecule has 0 spiro atoms. The minimum atomic E-state index is -0.174. The molecule has 4 bridgehead atoms. The molecule has 34 heavy (non-hydrogen) atoms. The molecular weight excluding hydrogens is 440 g/mol. The zero-order chi connectivity index (χ0) is 23.3. The lowest BCUT2D eigenvalue weighted by Gasteiger charge is -2.56. The van der Waals surface area contributed by atoms with Gasteiger partial charge in [-0.05, 0) is 93.7 Å². The fourth-order valence-electron chi connectivity index (χ4n) is 7.47. The fraction of sp³-hybridized carbons (Fsp3) is 0.586. The average Bonchev–Trinajstić information content (AvgIpc) is 3.57. The van der Waals surface area contributed by atoms with Crippen molar-refractivity contribution in [3.8, 4) is 0 Å². The number of benzene rings is 1. The van der Waals surface area contributed by atoms with Gasteiger partial charge in [-0.1, -0.05) is 30.3 Å². The third-order valence-electron chi connectivity index (χ3n) is 8.76. The summed E-state index contributed by atoms with van der Waals surface area (Å²) in [6.45, 7) is 3.54. The Balaban J connectivity index is 1.21. The van der Waals surface area contributed by atoms with Crippen LogP contribution >= 0.6 is 11.3 Å². The van der Waals surface area contributed by atoms with Gasteiger partial charge in [-0.2, -0.15) is 0 Å². The molecule has 0 radical (unpaired) electrons. The summed E-state index contributed by atoms with van der Waals surface area (Å²) < 4.78 is 0. The van der Waals surface area contributed by atoms with Crippen molar-refractivity contribution >= 4 is 23.2 Å². The number of rotatable bonds is 8. The lowest BCUT2D eigenvalue weighted by Crippen LogP contribution is -2.56. The van der Waals surface area contributed by atoms with Crippen LogP contribution in [0.2, 0.25) is 0 Å². The summed E-state index contributed by atoms with van der Waals surface area (Å²) in [6.07, 6.45) is 9.30. The van der Waals surface area contributed by atoms with Crippen LogP contribution in [0, 0.1) is 30.1 Å². The molecule has 1 aromatic carbocycles. The zero-order valence-electron chi connectivity index (χ0n) is 20.2. The number of nitrogens with zero attached hydrogens (tertiary/aromatic N) is 2. The monoisotopic (exact) mass is 476 g/mol. The molecule has 5 saturated carbocycles. The first-order valence-corrected chi connectivity index (χ1v) is 14.0. The van der Waals surface area contributed by atoms with Crippen LogP contribution in [0.25, 0.3) is 0 Å². The predicted molar refractivity (Wildman–Crippen MR) is 135 cm³/mol. The van der Waals surface area contributed by atoms with Gasteiger partial charge >= 0.3 is 0 Å². The van der Waals surface area contributed by atoms with Crippen LogP contribution in [0.4, 0.5) is 0 Å². The van der Waals surface area contributed by atoms with Crippen molar-refractivity contribution in [2.24, 2.45) is 23.2 Å². The van der Waals surface area contributed by atoms with E-state index in [1.54, 1.807) is 11.3 Å². The van der Waals surface area contributed by atoms with E-state index in [1.807, 2.05) is 28.0 Å². The van der Waals surface area contributed by atoms with Crippen LogP contribution in [-0.4, -0.2) is 34.2 Å². The lowest BCUT2D eigenvalue weighted by atomic mass is 9.49. The second-order valence-electron chi connectivity index (χ2n) is 11.6. The molecule has 180 valence electrons. The van der Waals surface area contributed by atoms with Gasteiger partial charge in [-0.25, -0.2) is 0 Å². The Kier molecular flexibility index (Phi) is 5.79. The van der Waals surface area contributed by atoms with E-state index < -0.39 is 0 Å². The number of thiophene rings is 1. The van der Waals surface area contributed by atoms with E-state index in [0.29, 0.717) is 19.0 Å². The maximum Gasteiger partial charge on any atom is 0.242 e. The maximum absolute atomic E-state index is 14.1. The molecule has 2 amide bonds. The summed E-state index contributed by atoms with van der Waals surface area (Å²) in [6, 6.07) is 14.8. The van der Waals surface area contributed by atoms with Crippen LogP contribution in [0.3, 0.4) is 0 Å². The van der Waals surface area contributed by atoms with Crippen molar-refractivity contribution in [2.45, 2.75) is 77.4 Å². The highest BCUT2D eigenvalue weighted by Crippen LogP contribution is 2.61. The number of carbonyl (C=O) groups is 2. The second-order valence-corrected chi connectivity index (χ2v) is 13.0. The molecule has 0 N–H and O–H groups in total. The van der Waals surface area contributed by atoms with Crippen LogP contribution < -0.4 is 0 Å². The Hall–Kier alpha value is -2.14. The van der Waals surface area contributed by atoms with E-state index in [4.69, 9.17) is 0 Å². The van der Waals surface area contributed by atoms with Gasteiger partial charge in [0.05, 0.1) is 12.0 Å². The molecular formula is C29H36N2O2S. The largest absolute Gasteiger partial charge is 0.332 e. The fourth-order valence-corrected chi connectivity index (χ4v) is 8.38. The Morgan fingerprint density at radius 2 is 1.56 bits per heavy atom. The highest BCUT2D eigenvalue weighted by atomic mass is 32.1. The van der Waals surface area contributed by atoms with Gasteiger partial charge in [0.15, 0.2) is 0 Å². The van der Waals surface area contributed by atoms with Gasteiger partial charge in [0.25, 0.3) is 0 Å². The zero-order valence-corrected chi connectivity index (χ0v) is 21.1. The Morgan fingerprint density at radius 3 is 2.12 bits per heavy atom. The smallest absolute Gasteiger partial charge is 0.242 e. The first-order valence-electron chi connectivity index (χ1n) is 13.2. The van der Waals surface area contributed by atoms with Gasteiger partial charge in [0.2, 0.25) is 11.8 Å². The molecule has 5 fully saturated rings. The molecule has 7 rings (SSSR count). The third-order valence-corrected chi connectivity index (χ3v) is 9.74. The van der Waals surface area contributed by atoms with Crippen LogP contribution in [0.5, 0.6) is 0 Å². The van der Waals surface area contributed by atoms with E-state index >= 15 is 0 Å². The SMILES string of the molecule is Cc1ccc(CN(Cc2ccccc2)C(=O)CN(C(=O)C23CC4CC(CC(C4)C2)C3)C2CC2)s1. The Bertz CT molecular complexity index is 1020. The number of hydrogen-bond acceptors (Lipinski definition) is 3. The van der Waals surface area contributed by atoms with Crippen molar-refractivity contribution in [2.75, 3.05) is 6.54 Å². The Morgan fingerprint density at radius 1 is 0.912 bits per heavy atom. The molecule has 0 saturated heterocycles. The molecule has 5 heteroatoms. The molecule has 0 unspecified atom stereocenters. The van der Waals surface area contributed by atoms with Crippen LogP contribution in [0.15, 0.2) is 42.5 Å². The van der Waals surface area contributed by atoms with E-state index in [9.17, 15) is 9.59 Å². The average molecular weight is 477 g/mol. The van der Waals surface area contributed by atoms with E-state index in [1.165, 1.54) is 29.0 Å². The molecule has 0 aliphatic heterocycles. The molecule has 4 nitrogen and oxygen atoms in total. The Labute approximate surface area is 207 Å². The van der Waals surface area contributed by atoms with Gasteiger partial charge in [-0.3, -0.25) is 9.59 Å². The van der Waals surface area contributed by atoms with Gasteiger partial charge in [-0.15, -0.1) is 11.3 Å². The molecule has 2 aromatic rings. The second kappa shape index (κ2) is 8.82. The first kappa shape index (κ1) is 22.3. The molecule has 5 aliphatic rings. The minimum absolute atomic E-state index is 0.0832. The number of amides is 2. The normalized spacial score (nSPS) is 29.3. The molecule has 1 aromatic heterocycles. The summed E-state index contributed by atoms with van der Waals surface area (Å²) in [4.78, 5) is 34.3. The number of carbonyl (C=O) groups excluding carboxylic acids is 2. The summed E-state index contributed by atoms with van der Waals surface area (Å²) >= 11 is 1.75. The minimum Gasteiger partial charge on any atom is -0.332 e. The lowest BCUT2D eigenvalue weighted by molar-refractivity contribution is -0.161. The van der Waals surface area contributed by atoms with Crippen molar-refractivity contribution in [3.05, 3.63) is 57.8 Å². The van der Waals surface area contributed by atoms with E-state index in [-0.39, 0.29) is 23.9 Å². The summed E-state index contributed by atoms with van der Waals surface area (Å²) in [5.41, 5.74) is 0.960. The number of hydrogen-bond donors (Lipinski definition) is 0. The highest BCUT2D eigenvalue weighted by Gasteiger charge is 2.56. The first-order chi connectivity index (χ1) is 16.5. The predicted octanol–water partition coefficient (Wildman–Crippen LogP) is 5.79. The summed E-state index contributed by atoms with van der Waals surface area (Å²) in [5, 5.41) is 0. The van der Waals surface area contributed by atoms with Crippen molar-refractivity contribution in [1.29, 1.82) is 0 Å². The number of aryl methyl sites for hydroxylation is 1. The van der Waals surface area contributed by atoms with Crippen molar-refractivity contribution < 1.29 is 9.59 Å². The quantitative estimate of drug-likeness (QED) is 0.484. The molecule has 5 aliphatic carbocycles. The van der Waals surface area contributed by atoms with Crippen molar-refractivity contribution in [3.63, 3.8) is 0 Å². The summed E-state index contributed by atoms with van der Waals surface area (Å²) in [5.74, 6) is 2.62. The molecule has 0 atom stereocenters. The van der Waals surface area contributed by atoms with Gasteiger partial charge < -0.3 is 9.80 Å². The standard InChI is InChI=1S/C29H36N2O2S/c1-20-7-10-26(34-20)18-30(17-21-5-3-2-4-6-21)27(32)19-31(25-8-9-25)28(33)29-14-22-11-23(15-29)13-24(12-22)16-29/h2-7,10,22-25H,8-9,11-19H2,1H3. The van der Waals surface area contributed by atoms with E-state index in [2.05, 4.69) is 31.2 Å². The molecule has 1 heterocycles. The maximum atomic E-state index is 14.1. The van der Waals surface area contributed by atoms with Crippen molar-refractivity contribution in [1.82, 2.24) is 9.80 Å². The van der Waals surface area contributed by atoms with E-state index in [0.717, 1.165) is 55.4 Å². The van der Waals surface area contributed by atoms with Gasteiger partial charge in [0, 0.05) is 22.3 Å². The topological polar surface area (TPSA) is 40.6 Å².